The number of hydrogen-bond donors (Lipinski definition) is 0. The van der Waals surface area contributed by atoms with Gasteiger partial charge in [-0.1, -0.05) is 133 Å². The fourth-order valence-corrected chi connectivity index (χ4v) is 9.52. The first-order valence-electron chi connectivity index (χ1n) is 17.9. The predicted octanol–water partition coefficient (Wildman–Crippen LogP) is 12.3. The Morgan fingerprint density at radius 2 is 1.00 bits per heavy atom. The molecule has 52 heavy (non-hydrogen) atoms. The van der Waals surface area contributed by atoms with E-state index in [1.165, 1.54) is 66.0 Å². The number of hydrogen-bond acceptors (Lipinski definition) is 1. The molecule has 3 nitrogen and oxygen atoms in total. The van der Waals surface area contributed by atoms with Crippen LogP contribution >= 0.6 is 0 Å². The highest BCUT2D eigenvalue weighted by molar-refractivity contribution is 6.13. The summed E-state index contributed by atoms with van der Waals surface area (Å²) in [5.41, 5.74) is 13.7. The van der Waals surface area contributed by atoms with Gasteiger partial charge in [-0.05, 0) is 64.7 Å². The molecular formula is C49H30N2O. The van der Waals surface area contributed by atoms with Gasteiger partial charge in [-0.3, -0.25) is 0 Å². The number of rotatable bonds is 2. The van der Waals surface area contributed by atoms with Crippen molar-refractivity contribution in [3.05, 3.63) is 204 Å². The molecule has 1 atom stereocenters. The summed E-state index contributed by atoms with van der Waals surface area (Å²) in [6, 6.07) is 66.4. The van der Waals surface area contributed by atoms with Crippen molar-refractivity contribution in [3.8, 4) is 34.0 Å². The molecule has 1 spiro atoms. The molecule has 3 heteroatoms. The van der Waals surface area contributed by atoms with E-state index in [2.05, 4.69) is 191 Å². The first-order chi connectivity index (χ1) is 25.8. The maximum atomic E-state index is 7.03. The van der Waals surface area contributed by atoms with Crippen LogP contribution in [0.1, 0.15) is 22.3 Å². The van der Waals surface area contributed by atoms with Crippen molar-refractivity contribution in [2.75, 3.05) is 0 Å². The fraction of sp³-hybridized carbons (Fsp3) is 0.0204. The van der Waals surface area contributed by atoms with Crippen molar-refractivity contribution in [1.29, 1.82) is 0 Å². The van der Waals surface area contributed by atoms with E-state index >= 15 is 0 Å². The van der Waals surface area contributed by atoms with Crippen molar-refractivity contribution in [2.24, 2.45) is 0 Å². The molecule has 0 aliphatic carbocycles. The molecule has 0 amide bonds. The standard InChI is InChI=1S/C49H30N2O/c1-2-14-31(15-3-1)32-16-12-17-33(28-32)50-42-24-8-5-19-35(42)37-29-41-47(30-45(37)50)52-46-27-11-7-22-39(46)49(41)38-21-6-10-26-44(38)51-43-25-9-4-18-34(43)36-20-13-23-40(49)48(36)51/h1-30H. The molecule has 0 saturated heterocycles. The predicted molar refractivity (Wildman–Crippen MR) is 212 cm³/mol. The van der Waals surface area contributed by atoms with Crippen molar-refractivity contribution in [2.45, 2.75) is 5.41 Å². The summed E-state index contributed by atoms with van der Waals surface area (Å²) in [6.07, 6.45) is 0. The van der Waals surface area contributed by atoms with Crippen LogP contribution in [0.5, 0.6) is 11.5 Å². The Labute approximate surface area is 300 Å². The Morgan fingerprint density at radius 1 is 0.365 bits per heavy atom. The van der Waals surface area contributed by atoms with E-state index in [-0.39, 0.29) is 0 Å². The van der Waals surface area contributed by atoms with Crippen LogP contribution in [-0.4, -0.2) is 9.13 Å². The van der Waals surface area contributed by atoms with E-state index in [1.54, 1.807) is 0 Å². The van der Waals surface area contributed by atoms with E-state index in [0.717, 1.165) is 33.8 Å². The maximum Gasteiger partial charge on any atom is 0.134 e. The Hall–Kier alpha value is -6.84. The van der Waals surface area contributed by atoms with Gasteiger partial charge in [-0.15, -0.1) is 0 Å². The van der Waals surface area contributed by atoms with Gasteiger partial charge in [0.25, 0.3) is 0 Å². The molecule has 4 heterocycles. The van der Waals surface area contributed by atoms with Gasteiger partial charge in [0, 0.05) is 44.4 Å². The molecule has 0 N–H and O–H groups in total. The van der Waals surface area contributed by atoms with Gasteiger partial charge in [-0.25, -0.2) is 0 Å². The summed E-state index contributed by atoms with van der Waals surface area (Å²) in [4.78, 5) is 0. The highest BCUT2D eigenvalue weighted by atomic mass is 16.5. The normalized spacial score (nSPS) is 15.5. The average molecular weight is 663 g/mol. The Balaban J connectivity index is 1.23. The van der Waals surface area contributed by atoms with E-state index in [4.69, 9.17) is 4.74 Å². The summed E-state index contributed by atoms with van der Waals surface area (Å²) in [6.45, 7) is 0. The van der Waals surface area contributed by atoms with Crippen LogP contribution < -0.4 is 4.74 Å². The number of benzene rings is 8. The lowest BCUT2D eigenvalue weighted by molar-refractivity contribution is 0.435. The minimum atomic E-state index is -0.616. The fourth-order valence-electron chi connectivity index (χ4n) is 9.52. The van der Waals surface area contributed by atoms with E-state index in [1.807, 2.05) is 0 Å². The molecular weight excluding hydrogens is 633 g/mol. The number of ether oxygens (including phenoxy) is 1. The molecule has 0 saturated carbocycles. The molecule has 10 aromatic rings. The van der Waals surface area contributed by atoms with Crippen LogP contribution in [-0.2, 0) is 5.41 Å². The lowest BCUT2D eigenvalue weighted by Crippen LogP contribution is -2.37. The Morgan fingerprint density at radius 3 is 1.87 bits per heavy atom. The Kier molecular flexibility index (Phi) is 5.43. The largest absolute Gasteiger partial charge is 0.457 e. The molecule has 0 radical (unpaired) electrons. The molecule has 12 rings (SSSR count). The molecule has 1 unspecified atom stereocenters. The second kappa shape index (κ2) is 10.1. The number of fused-ring (bicyclic) bond motifs is 14. The quantitative estimate of drug-likeness (QED) is 0.180. The average Bonchev–Trinajstić information content (AvgIpc) is 3.72. The topological polar surface area (TPSA) is 19.1 Å². The summed E-state index contributed by atoms with van der Waals surface area (Å²) in [5.74, 6) is 1.77. The lowest BCUT2D eigenvalue weighted by atomic mass is 9.61. The third-order valence-corrected chi connectivity index (χ3v) is 11.5. The zero-order valence-corrected chi connectivity index (χ0v) is 28.1. The van der Waals surface area contributed by atoms with Gasteiger partial charge in [-0.2, -0.15) is 0 Å². The van der Waals surface area contributed by atoms with Gasteiger partial charge < -0.3 is 13.9 Å². The second-order valence-electron chi connectivity index (χ2n) is 14.1. The van der Waals surface area contributed by atoms with Gasteiger partial charge >= 0.3 is 0 Å². The van der Waals surface area contributed by atoms with E-state index in [0.29, 0.717) is 0 Å². The van der Waals surface area contributed by atoms with Gasteiger partial charge in [0.15, 0.2) is 0 Å². The lowest BCUT2D eigenvalue weighted by Gasteiger charge is -2.45. The Bertz CT molecular complexity index is 3110. The first kappa shape index (κ1) is 27.9. The van der Waals surface area contributed by atoms with E-state index in [9.17, 15) is 0 Å². The highest BCUT2D eigenvalue weighted by Crippen LogP contribution is 2.61. The van der Waals surface area contributed by atoms with Gasteiger partial charge in [0.05, 0.1) is 33.2 Å². The summed E-state index contributed by atoms with van der Waals surface area (Å²) < 4.78 is 11.9. The number of aromatic nitrogens is 2. The molecule has 0 bridgehead atoms. The molecule has 2 aliphatic heterocycles. The van der Waals surface area contributed by atoms with Crippen LogP contribution in [0.25, 0.3) is 66.1 Å². The van der Waals surface area contributed by atoms with Crippen molar-refractivity contribution in [3.63, 3.8) is 0 Å². The SMILES string of the molecule is c1ccc(-c2cccc(-n3c4ccccc4c4cc5c(cc43)Oc3ccccc3C53c4ccccc4-n4c5ccccc5c5cccc3c54)c2)cc1. The van der Waals surface area contributed by atoms with Gasteiger partial charge in [0.2, 0.25) is 0 Å². The zero-order valence-electron chi connectivity index (χ0n) is 28.1. The molecule has 2 aromatic heterocycles. The first-order valence-corrected chi connectivity index (χ1v) is 17.9. The molecule has 8 aromatic carbocycles. The maximum absolute atomic E-state index is 7.03. The van der Waals surface area contributed by atoms with Crippen LogP contribution in [0.4, 0.5) is 0 Å². The monoisotopic (exact) mass is 662 g/mol. The molecule has 2 aliphatic rings. The summed E-state index contributed by atoms with van der Waals surface area (Å²) in [5, 5.41) is 4.96. The van der Waals surface area contributed by atoms with Crippen LogP contribution in [0.15, 0.2) is 182 Å². The number of para-hydroxylation sites is 5. The van der Waals surface area contributed by atoms with Crippen molar-refractivity contribution < 1.29 is 4.74 Å². The second-order valence-corrected chi connectivity index (χ2v) is 14.1. The highest BCUT2D eigenvalue weighted by Gasteiger charge is 2.50. The van der Waals surface area contributed by atoms with Crippen LogP contribution in [0.3, 0.4) is 0 Å². The number of nitrogens with zero attached hydrogens (tertiary/aromatic N) is 2. The van der Waals surface area contributed by atoms with Crippen LogP contribution in [0, 0.1) is 0 Å². The van der Waals surface area contributed by atoms with Crippen LogP contribution in [0.2, 0.25) is 0 Å². The molecule has 0 fully saturated rings. The summed E-state index contributed by atoms with van der Waals surface area (Å²) in [7, 11) is 0. The summed E-state index contributed by atoms with van der Waals surface area (Å²) >= 11 is 0. The third-order valence-electron chi connectivity index (χ3n) is 11.5. The zero-order chi connectivity index (χ0) is 34.0. The van der Waals surface area contributed by atoms with E-state index < -0.39 is 5.41 Å². The van der Waals surface area contributed by atoms with Crippen molar-refractivity contribution >= 4 is 43.6 Å². The smallest absolute Gasteiger partial charge is 0.134 e. The minimum absolute atomic E-state index is 0.616. The minimum Gasteiger partial charge on any atom is -0.457 e. The van der Waals surface area contributed by atoms with Crippen molar-refractivity contribution in [1.82, 2.24) is 9.13 Å². The van der Waals surface area contributed by atoms with Gasteiger partial charge in [0.1, 0.15) is 11.5 Å². The molecule has 242 valence electrons. The third kappa shape index (κ3) is 3.45.